The normalized spacial score (nSPS) is 22.4. The molecule has 47 heavy (non-hydrogen) atoms. The van der Waals surface area contributed by atoms with Crippen molar-refractivity contribution in [2.75, 3.05) is 33.9 Å². The van der Waals surface area contributed by atoms with Gasteiger partial charge in [-0.25, -0.2) is 14.8 Å². The Bertz CT molecular complexity index is 1830. The van der Waals surface area contributed by atoms with Crippen molar-refractivity contribution in [1.29, 1.82) is 0 Å². The number of hydrogen-bond donors (Lipinski definition) is 1. The summed E-state index contributed by atoms with van der Waals surface area (Å²) in [6.07, 6.45) is -0.0570. The highest BCUT2D eigenvalue weighted by molar-refractivity contribution is 5.95. The van der Waals surface area contributed by atoms with E-state index in [0.717, 1.165) is 50.3 Å². The number of methoxy groups -OCH3 is 2. The highest BCUT2D eigenvalue weighted by atomic mass is 19.4. The van der Waals surface area contributed by atoms with Crippen LogP contribution in [0.25, 0.3) is 11.0 Å². The van der Waals surface area contributed by atoms with Crippen LogP contribution in [0.1, 0.15) is 52.4 Å². The van der Waals surface area contributed by atoms with Crippen molar-refractivity contribution in [2.45, 2.75) is 56.7 Å². The Morgan fingerprint density at radius 2 is 1.94 bits per heavy atom. The van der Waals surface area contributed by atoms with Gasteiger partial charge in [-0.2, -0.15) is 18.2 Å². The van der Waals surface area contributed by atoms with Crippen molar-refractivity contribution < 1.29 is 42.0 Å². The van der Waals surface area contributed by atoms with Crippen molar-refractivity contribution in [1.82, 2.24) is 24.4 Å². The molecule has 4 heterocycles. The van der Waals surface area contributed by atoms with Gasteiger partial charge in [0.05, 0.1) is 50.1 Å². The number of carbonyl (C=O) groups is 1. The third-order valence-electron chi connectivity index (χ3n) is 9.56. The number of halogens is 3. The van der Waals surface area contributed by atoms with Crippen molar-refractivity contribution in [3.63, 3.8) is 0 Å². The van der Waals surface area contributed by atoms with Crippen molar-refractivity contribution in [3.05, 3.63) is 70.9 Å². The number of carboxylic acid groups (broad SMARTS) is 1. The van der Waals surface area contributed by atoms with Crippen molar-refractivity contribution in [2.24, 2.45) is 5.92 Å². The van der Waals surface area contributed by atoms with E-state index >= 15 is 0 Å². The summed E-state index contributed by atoms with van der Waals surface area (Å²) in [6, 6.07) is 8.12. The van der Waals surface area contributed by atoms with E-state index in [0.29, 0.717) is 59.7 Å². The molecule has 1 N–H and O–H groups in total. The van der Waals surface area contributed by atoms with Gasteiger partial charge in [0.25, 0.3) is 0 Å². The van der Waals surface area contributed by atoms with Gasteiger partial charge in [0.1, 0.15) is 35.3 Å². The number of aromatic nitrogens is 4. The predicted molar refractivity (Wildman–Crippen MR) is 162 cm³/mol. The molecule has 2 aromatic heterocycles. The Balaban J connectivity index is 1.05. The lowest BCUT2D eigenvalue weighted by atomic mass is 9.94. The molecule has 248 valence electrons. The van der Waals surface area contributed by atoms with Gasteiger partial charge < -0.3 is 28.6 Å². The molecular formula is C33H34F3N5O6. The van der Waals surface area contributed by atoms with E-state index in [2.05, 4.69) is 14.5 Å². The van der Waals surface area contributed by atoms with Crippen LogP contribution < -0.4 is 14.2 Å². The smallest absolute Gasteiger partial charge is 0.416 e. The monoisotopic (exact) mass is 653 g/mol. The Labute approximate surface area is 268 Å². The van der Waals surface area contributed by atoms with Gasteiger partial charge in [-0.15, -0.1) is 0 Å². The maximum Gasteiger partial charge on any atom is 0.416 e. The third-order valence-corrected chi connectivity index (χ3v) is 9.56. The number of alkyl halides is 3. The second-order valence-corrected chi connectivity index (χ2v) is 12.3. The summed E-state index contributed by atoms with van der Waals surface area (Å²) in [5, 5.41) is 9.69. The first-order chi connectivity index (χ1) is 22.6. The van der Waals surface area contributed by atoms with E-state index in [1.165, 1.54) is 26.4 Å². The van der Waals surface area contributed by atoms with Crippen LogP contribution in [0.5, 0.6) is 17.4 Å². The number of carboxylic acids is 1. The van der Waals surface area contributed by atoms with Crippen LogP contribution in [-0.4, -0.2) is 75.5 Å². The van der Waals surface area contributed by atoms with Crippen LogP contribution in [0.3, 0.4) is 0 Å². The zero-order chi connectivity index (χ0) is 32.9. The molecule has 0 spiro atoms. The molecule has 2 unspecified atom stereocenters. The second kappa shape index (κ2) is 12.0. The van der Waals surface area contributed by atoms with E-state index in [9.17, 15) is 23.1 Å². The molecule has 1 saturated carbocycles. The van der Waals surface area contributed by atoms with Crippen LogP contribution in [0, 0.1) is 5.92 Å². The molecule has 3 atom stereocenters. The summed E-state index contributed by atoms with van der Waals surface area (Å²) >= 11 is 0. The average Bonchev–Trinajstić information content (AvgIpc) is 3.68. The molecule has 2 saturated heterocycles. The maximum absolute atomic E-state index is 13.1. The molecule has 0 radical (unpaired) electrons. The number of likely N-dealkylation sites (tertiary alicyclic amines) is 1. The van der Waals surface area contributed by atoms with Crippen LogP contribution in [0.15, 0.2) is 42.6 Å². The number of ether oxygens (including phenoxy) is 4. The SMILES string of the molecule is COc1cc(C(F)(F)F)ccc1COc1ccnc(C23CCN(Cc4nc5c(OC)cc(C(=O)O)cc5n4C[C@@H]4CCO4)CC2C3)n1. The van der Waals surface area contributed by atoms with Crippen molar-refractivity contribution >= 4 is 17.0 Å². The molecule has 3 aliphatic rings. The summed E-state index contributed by atoms with van der Waals surface area (Å²) in [5.74, 6) is 1.70. The predicted octanol–water partition coefficient (Wildman–Crippen LogP) is 5.09. The lowest BCUT2D eigenvalue weighted by Gasteiger charge is -2.31. The van der Waals surface area contributed by atoms with E-state index in [1.54, 1.807) is 18.3 Å². The first-order valence-corrected chi connectivity index (χ1v) is 15.4. The first kappa shape index (κ1) is 31.2. The Morgan fingerprint density at radius 3 is 2.62 bits per heavy atom. The van der Waals surface area contributed by atoms with Gasteiger partial charge >= 0.3 is 12.1 Å². The number of hydrogen-bond acceptors (Lipinski definition) is 9. The van der Waals surface area contributed by atoms with Gasteiger partial charge in [0.2, 0.25) is 5.88 Å². The van der Waals surface area contributed by atoms with Gasteiger partial charge in [0, 0.05) is 36.4 Å². The van der Waals surface area contributed by atoms with Crippen LogP contribution in [-0.2, 0) is 36.0 Å². The fourth-order valence-electron chi connectivity index (χ4n) is 6.75. The number of rotatable bonds is 11. The van der Waals surface area contributed by atoms with Crippen LogP contribution >= 0.6 is 0 Å². The molecule has 4 aromatic rings. The summed E-state index contributed by atoms with van der Waals surface area (Å²) in [4.78, 5) is 28.4. The summed E-state index contributed by atoms with van der Waals surface area (Å²) in [7, 11) is 2.84. The second-order valence-electron chi connectivity index (χ2n) is 12.3. The van der Waals surface area contributed by atoms with Gasteiger partial charge in [-0.3, -0.25) is 4.90 Å². The Kier molecular flexibility index (Phi) is 7.95. The Morgan fingerprint density at radius 1 is 1.13 bits per heavy atom. The fraction of sp³-hybridized carbons (Fsp3) is 0.455. The number of aromatic carboxylic acids is 1. The maximum atomic E-state index is 13.1. The number of nitrogens with zero attached hydrogens (tertiary/aromatic N) is 5. The molecule has 14 heteroatoms. The van der Waals surface area contributed by atoms with E-state index < -0.39 is 17.7 Å². The summed E-state index contributed by atoms with van der Waals surface area (Å²) in [5.41, 5.74) is 1.00. The van der Waals surface area contributed by atoms with Gasteiger partial charge in [-0.1, -0.05) is 6.07 Å². The molecule has 1 aliphatic carbocycles. The van der Waals surface area contributed by atoms with E-state index in [-0.39, 0.29) is 29.4 Å². The molecule has 11 nitrogen and oxygen atoms in total. The quantitative estimate of drug-likeness (QED) is 0.234. The molecule has 0 bridgehead atoms. The molecule has 2 aromatic carbocycles. The zero-order valence-corrected chi connectivity index (χ0v) is 25.9. The number of imidazole rings is 1. The third kappa shape index (κ3) is 5.95. The minimum absolute atomic E-state index is 0.00634. The molecule has 3 fully saturated rings. The number of benzene rings is 2. The highest BCUT2D eigenvalue weighted by Gasteiger charge is 2.59. The zero-order valence-electron chi connectivity index (χ0n) is 25.9. The standard InChI is InChI=1S/C33H34F3N5O6/c1-44-25-13-21(33(34,35)36)4-3-19(25)18-47-28-5-8-37-31(39-28)32-7-9-40(15-22(32)14-32)17-27-38-29-24(41(27)16-23-6-10-46-23)11-20(30(42)43)12-26(29)45-2/h3-5,8,11-13,22-23H,6-7,9-10,14-18H2,1-2H3,(H,42,43)/t22?,23-,32?/m0/s1. The largest absolute Gasteiger partial charge is 0.496 e. The molecule has 0 amide bonds. The number of piperidine rings is 1. The van der Waals surface area contributed by atoms with E-state index in [4.69, 9.17) is 28.9 Å². The molecule has 7 rings (SSSR count). The van der Waals surface area contributed by atoms with Crippen LogP contribution in [0.2, 0.25) is 0 Å². The molecular weight excluding hydrogens is 619 g/mol. The number of fused-ring (bicyclic) bond motifs is 2. The van der Waals surface area contributed by atoms with Crippen molar-refractivity contribution in [3.8, 4) is 17.4 Å². The van der Waals surface area contributed by atoms with Crippen LogP contribution in [0.4, 0.5) is 13.2 Å². The molecule has 2 aliphatic heterocycles. The first-order valence-electron chi connectivity index (χ1n) is 15.4. The van der Waals surface area contributed by atoms with Gasteiger partial charge in [-0.05, 0) is 56.0 Å². The summed E-state index contributed by atoms with van der Waals surface area (Å²) in [6.45, 7) is 3.47. The average molecular weight is 654 g/mol. The fourth-order valence-corrected chi connectivity index (χ4v) is 6.75. The summed E-state index contributed by atoms with van der Waals surface area (Å²) < 4.78 is 63.8. The lowest BCUT2D eigenvalue weighted by Crippen LogP contribution is -2.38. The lowest BCUT2D eigenvalue weighted by molar-refractivity contribution is -0.137. The van der Waals surface area contributed by atoms with Gasteiger partial charge in [0.15, 0.2) is 0 Å². The topological polar surface area (TPSA) is 121 Å². The highest BCUT2D eigenvalue weighted by Crippen LogP contribution is 2.58. The minimum atomic E-state index is -4.47. The Hall–Kier alpha value is -4.43. The van der Waals surface area contributed by atoms with E-state index in [1.807, 2.05) is 0 Å². The minimum Gasteiger partial charge on any atom is -0.496 e.